The monoisotopic (exact) mass is 278 g/mol. The van der Waals surface area contributed by atoms with Gasteiger partial charge in [0.2, 0.25) is 0 Å². The highest BCUT2D eigenvalue weighted by atomic mass is 19.1. The van der Waals surface area contributed by atoms with Gasteiger partial charge in [0.15, 0.2) is 0 Å². The van der Waals surface area contributed by atoms with Gasteiger partial charge in [-0.25, -0.2) is 4.39 Å². The van der Waals surface area contributed by atoms with Crippen molar-refractivity contribution >= 4 is 0 Å². The van der Waals surface area contributed by atoms with Crippen molar-refractivity contribution in [1.29, 1.82) is 0 Å². The second-order valence-electron chi connectivity index (χ2n) is 6.14. The van der Waals surface area contributed by atoms with Crippen LogP contribution < -0.4 is 5.32 Å². The highest BCUT2D eigenvalue weighted by Crippen LogP contribution is 2.30. The molecule has 0 radical (unpaired) electrons. The van der Waals surface area contributed by atoms with Crippen LogP contribution in [0.1, 0.15) is 38.2 Å². The van der Waals surface area contributed by atoms with Crippen molar-refractivity contribution in [1.82, 2.24) is 10.2 Å². The number of rotatable bonds is 4. The quantitative estimate of drug-likeness (QED) is 0.889. The highest BCUT2D eigenvalue weighted by Gasteiger charge is 2.35. The van der Waals surface area contributed by atoms with Crippen LogP contribution in [0.3, 0.4) is 0 Å². The molecule has 1 aromatic rings. The molecule has 2 aliphatic heterocycles. The van der Waals surface area contributed by atoms with Gasteiger partial charge in [-0.15, -0.1) is 0 Å². The van der Waals surface area contributed by atoms with E-state index in [1.807, 2.05) is 0 Å². The molecule has 0 aromatic heterocycles. The summed E-state index contributed by atoms with van der Waals surface area (Å²) in [5, 5.41) is 13.2. The zero-order chi connectivity index (χ0) is 14.1. The van der Waals surface area contributed by atoms with Crippen LogP contribution in [0.5, 0.6) is 5.75 Å². The molecule has 3 rings (SSSR count). The molecule has 2 saturated heterocycles. The maximum Gasteiger partial charge on any atom is 0.127 e. The number of halogens is 1. The van der Waals surface area contributed by atoms with Gasteiger partial charge in [0.1, 0.15) is 11.6 Å². The largest absolute Gasteiger partial charge is 0.508 e. The van der Waals surface area contributed by atoms with E-state index in [1.54, 1.807) is 6.07 Å². The number of phenolic OH excluding ortho intramolecular Hbond substituents is 1. The lowest BCUT2D eigenvalue weighted by atomic mass is 9.97. The number of phenols is 1. The van der Waals surface area contributed by atoms with E-state index in [4.69, 9.17) is 0 Å². The molecule has 0 aliphatic carbocycles. The first-order chi connectivity index (χ1) is 9.64. The second-order valence-corrected chi connectivity index (χ2v) is 6.14. The Bertz CT molecular complexity index is 447. The molecule has 0 saturated carbocycles. The van der Waals surface area contributed by atoms with E-state index in [1.165, 1.54) is 31.7 Å². The van der Waals surface area contributed by atoms with Gasteiger partial charge in [0, 0.05) is 30.7 Å². The standard InChI is InChI=1S/C16H23FN2O/c1-2-19(10-11-5-12(17)7-16(20)6-11)15-8-13-3-4-14(9-15)18-13/h5-7,13-15,18,20H,2-4,8-10H2,1H3. The Kier molecular flexibility index (Phi) is 3.94. The summed E-state index contributed by atoms with van der Waals surface area (Å²) in [7, 11) is 0. The fourth-order valence-electron chi connectivity index (χ4n) is 3.78. The molecule has 1 aromatic carbocycles. The van der Waals surface area contributed by atoms with E-state index in [0.717, 1.165) is 18.2 Å². The summed E-state index contributed by atoms with van der Waals surface area (Å²) in [6, 6.07) is 6.25. The fraction of sp³-hybridized carbons (Fsp3) is 0.625. The topological polar surface area (TPSA) is 35.5 Å². The van der Waals surface area contributed by atoms with Crippen molar-refractivity contribution in [2.45, 2.75) is 57.3 Å². The minimum atomic E-state index is -0.360. The van der Waals surface area contributed by atoms with Crippen LogP contribution in [0.2, 0.25) is 0 Å². The zero-order valence-electron chi connectivity index (χ0n) is 12.0. The normalized spacial score (nSPS) is 29.1. The summed E-state index contributed by atoms with van der Waals surface area (Å²) in [6.45, 7) is 3.83. The maximum atomic E-state index is 13.4. The molecule has 2 N–H and O–H groups in total. The number of aromatic hydroxyl groups is 1. The van der Waals surface area contributed by atoms with Gasteiger partial charge in [-0.3, -0.25) is 4.90 Å². The molecule has 110 valence electrons. The molecule has 2 bridgehead atoms. The summed E-state index contributed by atoms with van der Waals surface area (Å²) in [5.41, 5.74) is 0.857. The van der Waals surface area contributed by atoms with E-state index in [-0.39, 0.29) is 11.6 Å². The van der Waals surface area contributed by atoms with E-state index in [2.05, 4.69) is 17.1 Å². The van der Waals surface area contributed by atoms with Crippen molar-refractivity contribution in [3.63, 3.8) is 0 Å². The van der Waals surface area contributed by atoms with Crippen LogP contribution in [0.4, 0.5) is 4.39 Å². The Morgan fingerprint density at radius 3 is 2.55 bits per heavy atom. The second kappa shape index (κ2) is 5.70. The third-order valence-electron chi connectivity index (χ3n) is 4.70. The molecule has 0 amide bonds. The van der Waals surface area contributed by atoms with Crippen LogP contribution >= 0.6 is 0 Å². The molecule has 3 nitrogen and oxygen atoms in total. The molecular weight excluding hydrogens is 255 g/mol. The fourth-order valence-corrected chi connectivity index (χ4v) is 3.78. The molecule has 0 spiro atoms. The minimum absolute atomic E-state index is 0.0152. The van der Waals surface area contributed by atoms with Crippen LogP contribution in [0.25, 0.3) is 0 Å². The molecule has 2 unspecified atom stereocenters. The molecule has 2 atom stereocenters. The lowest BCUT2D eigenvalue weighted by Gasteiger charge is -2.37. The van der Waals surface area contributed by atoms with Gasteiger partial charge in [-0.1, -0.05) is 6.92 Å². The Morgan fingerprint density at radius 1 is 1.25 bits per heavy atom. The summed E-state index contributed by atoms with van der Waals surface area (Å²) < 4.78 is 13.4. The molecule has 2 heterocycles. The van der Waals surface area contributed by atoms with E-state index in [9.17, 15) is 9.50 Å². The average Bonchev–Trinajstić information content (AvgIpc) is 2.73. The maximum absolute atomic E-state index is 13.4. The third kappa shape index (κ3) is 2.96. The number of nitrogens with zero attached hydrogens (tertiary/aromatic N) is 1. The Balaban J connectivity index is 1.70. The Morgan fingerprint density at radius 2 is 1.95 bits per heavy atom. The predicted molar refractivity (Wildman–Crippen MR) is 77.1 cm³/mol. The van der Waals surface area contributed by atoms with Crippen molar-refractivity contribution in [2.75, 3.05) is 6.54 Å². The minimum Gasteiger partial charge on any atom is -0.508 e. The van der Waals surface area contributed by atoms with Gasteiger partial charge in [0.25, 0.3) is 0 Å². The number of nitrogens with one attached hydrogen (secondary N) is 1. The highest BCUT2D eigenvalue weighted by molar-refractivity contribution is 5.28. The first-order valence-corrected chi connectivity index (χ1v) is 7.62. The van der Waals surface area contributed by atoms with Gasteiger partial charge in [0.05, 0.1) is 0 Å². The van der Waals surface area contributed by atoms with Gasteiger partial charge >= 0.3 is 0 Å². The molecule has 2 fully saturated rings. The molecule has 2 aliphatic rings. The van der Waals surface area contributed by atoms with E-state index in [0.29, 0.717) is 24.7 Å². The number of benzene rings is 1. The lowest BCUT2D eigenvalue weighted by molar-refractivity contribution is 0.140. The number of fused-ring (bicyclic) bond motifs is 2. The van der Waals surface area contributed by atoms with Crippen LogP contribution in [-0.2, 0) is 6.54 Å². The lowest BCUT2D eigenvalue weighted by Crippen LogP contribution is -2.47. The zero-order valence-corrected chi connectivity index (χ0v) is 12.0. The van der Waals surface area contributed by atoms with Crippen molar-refractivity contribution < 1.29 is 9.50 Å². The summed E-state index contributed by atoms with van der Waals surface area (Å²) >= 11 is 0. The van der Waals surface area contributed by atoms with Crippen molar-refractivity contribution in [3.8, 4) is 5.75 Å². The Hall–Kier alpha value is -1.13. The summed E-state index contributed by atoms with van der Waals surface area (Å²) in [4.78, 5) is 2.42. The SMILES string of the molecule is CCN(Cc1cc(O)cc(F)c1)C1CC2CCC(C1)N2. The molecule has 4 heteroatoms. The van der Waals surface area contributed by atoms with Crippen molar-refractivity contribution in [2.24, 2.45) is 0 Å². The third-order valence-corrected chi connectivity index (χ3v) is 4.70. The van der Waals surface area contributed by atoms with Gasteiger partial charge in [-0.2, -0.15) is 0 Å². The van der Waals surface area contributed by atoms with Gasteiger partial charge in [-0.05, 0) is 49.9 Å². The van der Waals surface area contributed by atoms with Crippen molar-refractivity contribution in [3.05, 3.63) is 29.6 Å². The van der Waals surface area contributed by atoms with E-state index >= 15 is 0 Å². The number of hydrogen-bond acceptors (Lipinski definition) is 3. The van der Waals surface area contributed by atoms with Crippen LogP contribution in [0.15, 0.2) is 18.2 Å². The van der Waals surface area contributed by atoms with Crippen LogP contribution in [0, 0.1) is 5.82 Å². The average molecular weight is 278 g/mol. The smallest absolute Gasteiger partial charge is 0.127 e. The summed E-state index contributed by atoms with van der Waals surface area (Å²) in [5.74, 6) is -0.345. The Labute approximate surface area is 119 Å². The molecule has 20 heavy (non-hydrogen) atoms. The number of hydrogen-bond donors (Lipinski definition) is 2. The first-order valence-electron chi connectivity index (χ1n) is 7.62. The summed E-state index contributed by atoms with van der Waals surface area (Å²) in [6.07, 6.45) is 4.95. The first kappa shape index (κ1) is 13.8. The van der Waals surface area contributed by atoms with Gasteiger partial charge < -0.3 is 10.4 Å². The predicted octanol–water partition coefficient (Wildman–Crippen LogP) is 2.64. The van der Waals surface area contributed by atoms with E-state index < -0.39 is 0 Å². The van der Waals surface area contributed by atoms with Crippen LogP contribution in [-0.4, -0.2) is 34.7 Å². The molecular formula is C16H23FN2O. The number of piperidine rings is 1.